The van der Waals surface area contributed by atoms with Crippen LogP contribution in [0.15, 0.2) is 0 Å². The molecule has 3 heteroatoms. The van der Waals surface area contributed by atoms with Crippen molar-refractivity contribution in [3.63, 3.8) is 0 Å². The first-order valence-corrected chi connectivity index (χ1v) is 1.76. The van der Waals surface area contributed by atoms with Crippen LogP contribution in [0.3, 0.4) is 0 Å². The van der Waals surface area contributed by atoms with Crippen LogP contribution in [-0.4, -0.2) is 17.5 Å². The van der Waals surface area contributed by atoms with Crippen molar-refractivity contribution in [1.82, 2.24) is 0 Å². The first-order chi connectivity index (χ1) is 1.91. The van der Waals surface area contributed by atoms with Gasteiger partial charge in [-0.25, -0.2) is 0 Å². The molecule has 0 fully saturated rings. The zero-order valence-corrected chi connectivity index (χ0v) is 4.20. The monoisotopic (exact) mass is 86.0 g/mol. The predicted molar refractivity (Wildman–Crippen MR) is 22.1 cm³/mol. The van der Waals surface area contributed by atoms with Gasteiger partial charge in [-0.05, 0) is 0 Å². The van der Waals surface area contributed by atoms with Gasteiger partial charge in [0.1, 0.15) is 0 Å². The van der Waals surface area contributed by atoms with Crippen LogP contribution in [0.1, 0.15) is 1.43 Å². The molecule has 0 spiro atoms. The SMILES string of the molecule is OCCS.[H-].[Li+]. The minimum absolute atomic E-state index is 0. The van der Waals surface area contributed by atoms with E-state index in [0.29, 0.717) is 5.75 Å². The Hall–Kier alpha value is 0.907. The topological polar surface area (TPSA) is 20.2 Å². The summed E-state index contributed by atoms with van der Waals surface area (Å²) in [7, 11) is 0. The van der Waals surface area contributed by atoms with Crippen molar-refractivity contribution < 1.29 is 25.4 Å². The Morgan fingerprint density at radius 2 is 2.00 bits per heavy atom. The molecule has 1 N–H and O–H groups in total. The van der Waals surface area contributed by atoms with Crippen molar-refractivity contribution in [2.24, 2.45) is 0 Å². The Balaban J connectivity index is -0.0000000450. The molecule has 0 aromatic carbocycles. The summed E-state index contributed by atoms with van der Waals surface area (Å²) in [6.45, 7) is 0.184. The molecule has 0 aliphatic carbocycles. The van der Waals surface area contributed by atoms with Gasteiger partial charge in [-0.2, -0.15) is 12.6 Å². The van der Waals surface area contributed by atoms with E-state index in [-0.39, 0.29) is 26.9 Å². The van der Waals surface area contributed by atoms with E-state index in [1.807, 2.05) is 0 Å². The molecule has 0 aromatic rings. The maximum Gasteiger partial charge on any atom is 1.00 e. The van der Waals surface area contributed by atoms with Gasteiger partial charge in [0, 0.05) is 5.75 Å². The van der Waals surface area contributed by atoms with Crippen molar-refractivity contribution >= 4 is 12.6 Å². The van der Waals surface area contributed by atoms with Gasteiger partial charge in [-0.3, -0.25) is 0 Å². The molecular weight excluding hydrogens is 79.0 g/mol. The van der Waals surface area contributed by atoms with Crippen LogP contribution in [0.25, 0.3) is 0 Å². The number of hydrogen-bond acceptors (Lipinski definition) is 2. The van der Waals surface area contributed by atoms with Gasteiger partial charge in [0.25, 0.3) is 0 Å². The molecule has 28 valence electrons. The van der Waals surface area contributed by atoms with E-state index in [1.54, 1.807) is 0 Å². The van der Waals surface area contributed by atoms with Crippen LogP contribution in [0.4, 0.5) is 0 Å². The number of aliphatic hydroxyl groups excluding tert-OH is 1. The fourth-order valence-electron chi connectivity index (χ4n) is 0. The van der Waals surface area contributed by atoms with E-state index < -0.39 is 0 Å². The maximum atomic E-state index is 7.80. The molecule has 5 heavy (non-hydrogen) atoms. The molecule has 0 aromatic heterocycles. The summed E-state index contributed by atoms with van der Waals surface area (Å²) in [4.78, 5) is 0. The summed E-state index contributed by atoms with van der Waals surface area (Å²) in [6.07, 6.45) is 0. The molecule has 0 atom stereocenters. The third-order valence-corrected chi connectivity index (χ3v) is 0.300. The van der Waals surface area contributed by atoms with Crippen LogP contribution in [0, 0.1) is 0 Å². The first-order valence-electron chi connectivity index (χ1n) is 1.13. The van der Waals surface area contributed by atoms with Gasteiger partial charge >= 0.3 is 18.9 Å². The number of rotatable bonds is 1. The molecule has 1 nitrogen and oxygen atoms in total. The maximum absolute atomic E-state index is 7.80. The molecule has 0 amide bonds. The second-order valence-corrected chi connectivity index (χ2v) is 0.894. The third kappa shape index (κ3) is 11.4. The van der Waals surface area contributed by atoms with Crippen molar-refractivity contribution in [2.75, 3.05) is 12.4 Å². The summed E-state index contributed by atoms with van der Waals surface area (Å²) in [5.74, 6) is 0.569. The Morgan fingerprint density at radius 3 is 2.00 bits per heavy atom. The van der Waals surface area contributed by atoms with Gasteiger partial charge in [0.2, 0.25) is 0 Å². The minimum Gasteiger partial charge on any atom is -1.00 e. The third-order valence-electron chi connectivity index (χ3n) is 0.1000. The van der Waals surface area contributed by atoms with Gasteiger partial charge in [-0.15, -0.1) is 0 Å². The fraction of sp³-hybridized carbons (Fsp3) is 1.00. The summed E-state index contributed by atoms with van der Waals surface area (Å²) in [6, 6.07) is 0. The van der Waals surface area contributed by atoms with E-state index in [2.05, 4.69) is 12.6 Å². The standard InChI is InChI=1S/C2H6OS.Li.H/c3-1-2-4;;/h3-4H,1-2H2;;/q;+1;-1. The largest absolute Gasteiger partial charge is 1.00 e. The molecule has 0 rings (SSSR count). The van der Waals surface area contributed by atoms with Crippen LogP contribution >= 0.6 is 12.6 Å². The summed E-state index contributed by atoms with van der Waals surface area (Å²) in [5, 5.41) is 7.80. The Morgan fingerprint density at radius 1 is 1.80 bits per heavy atom. The molecule has 0 radical (unpaired) electrons. The molecule has 0 heterocycles. The average Bonchev–Trinajstić information content (AvgIpc) is 1.37. The first kappa shape index (κ1) is 9.32. The van der Waals surface area contributed by atoms with E-state index in [0.717, 1.165) is 0 Å². The van der Waals surface area contributed by atoms with Gasteiger partial charge in [-0.1, -0.05) is 0 Å². The van der Waals surface area contributed by atoms with Crippen molar-refractivity contribution in [3.8, 4) is 0 Å². The van der Waals surface area contributed by atoms with Crippen molar-refractivity contribution in [2.45, 2.75) is 0 Å². The smallest absolute Gasteiger partial charge is 1.00 e. The van der Waals surface area contributed by atoms with Crippen molar-refractivity contribution in [3.05, 3.63) is 0 Å². The van der Waals surface area contributed by atoms with Gasteiger partial charge < -0.3 is 6.53 Å². The Kier molecular flexibility index (Phi) is 16.5. The van der Waals surface area contributed by atoms with E-state index in [9.17, 15) is 0 Å². The number of aliphatic hydroxyl groups is 1. The van der Waals surface area contributed by atoms with Gasteiger partial charge in [0.05, 0.1) is 6.61 Å². The van der Waals surface area contributed by atoms with Crippen LogP contribution < -0.4 is 18.9 Å². The molecule has 0 saturated heterocycles. The second kappa shape index (κ2) is 8.86. The summed E-state index contributed by atoms with van der Waals surface area (Å²) >= 11 is 3.67. The van der Waals surface area contributed by atoms with Crippen LogP contribution in [-0.2, 0) is 0 Å². The molecule has 0 unspecified atom stereocenters. The second-order valence-electron chi connectivity index (χ2n) is 0.447. The molecule has 0 aliphatic rings. The normalized spacial score (nSPS) is 6.00. The number of thiol groups is 1. The van der Waals surface area contributed by atoms with E-state index in [4.69, 9.17) is 5.11 Å². The zero-order valence-electron chi connectivity index (χ0n) is 4.31. The van der Waals surface area contributed by atoms with Gasteiger partial charge in [0.15, 0.2) is 0 Å². The quantitative estimate of drug-likeness (QED) is 0.258. The molecule has 0 saturated carbocycles. The van der Waals surface area contributed by atoms with Crippen LogP contribution in [0.2, 0.25) is 0 Å². The summed E-state index contributed by atoms with van der Waals surface area (Å²) < 4.78 is 0. The fourth-order valence-corrected chi connectivity index (χ4v) is 0. The summed E-state index contributed by atoms with van der Waals surface area (Å²) in [5.41, 5.74) is 0. The Bertz CT molecular complexity index is 15.5. The molecule has 0 aliphatic heterocycles. The van der Waals surface area contributed by atoms with E-state index in [1.165, 1.54) is 0 Å². The van der Waals surface area contributed by atoms with E-state index >= 15 is 0 Å². The van der Waals surface area contributed by atoms with Crippen LogP contribution in [0.5, 0.6) is 0 Å². The molecule has 0 bridgehead atoms. The van der Waals surface area contributed by atoms with Crippen molar-refractivity contribution in [1.29, 1.82) is 0 Å². The zero-order chi connectivity index (χ0) is 3.41. The Labute approximate surface area is 50.8 Å². The number of hydrogen-bond donors (Lipinski definition) is 2. The molecular formula is C2H7LiOS. The predicted octanol–water partition coefficient (Wildman–Crippen LogP) is -2.97. The minimum atomic E-state index is 0. The average molecular weight is 86.1 g/mol.